The van der Waals surface area contributed by atoms with E-state index in [9.17, 15) is 0 Å². The van der Waals surface area contributed by atoms with Gasteiger partial charge in [-0.1, -0.05) is 17.7 Å². The quantitative estimate of drug-likeness (QED) is 0.833. The molecule has 2 nitrogen and oxygen atoms in total. The van der Waals surface area contributed by atoms with Crippen LogP contribution in [0.2, 0.25) is 5.02 Å². The van der Waals surface area contributed by atoms with Gasteiger partial charge in [0.1, 0.15) is 0 Å². The van der Waals surface area contributed by atoms with Gasteiger partial charge in [-0.2, -0.15) is 0 Å². The molecule has 0 aliphatic carbocycles. The summed E-state index contributed by atoms with van der Waals surface area (Å²) < 4.78 is 0. The fourth-order valence-corrected chi connectivity index (χ4v) is 1.78. The van der Waals surface area contributed by atoms with Gasteiger partial charge in [0.05, 0.1) is 10.7 Å². The highest BCUT2D eigenvalue weighted by Gasteiger charge is 2.04. The molecule has 0 spiro atoms. The third kappa shape index (κ3) is 2.89. The van der Waals surface area contributed by atoms with E-state index in [2.05, 4.69) is 6.07 Å². The summed E-state index contributed by atoms with van der Waals surface area (Å²) in [5, 5.41) is 0.785. The molecule has 0 aliphatic rings. The molecule has 0 saturated carbocycles. The van der Waals surface area contributed by atoms with Gasteiger partial charge in [0.2, 0.25) is 0 Å². The molecule has 0 radical (unpaired) electrons. The predicted octanol–water partition coefficient (Wildman–Crippen LogP) is 2.30. The SMILES string of the molecule is CC(N)Cc1ccc(N(C)C)c(Cl)c1. The second-order valence-electron chi connectivity index (χ2n) is 3.86. The van der Waals surface area contributed by atoms with Crippen LogP contribution in [0.1, 0.15) is 12.5 Å². The lowest BCUT2D eigenvalue weighted by molar-refractivity contribution is 0.738. The molecule has 0 saturated heterocycles. The molecule has 0 aliphatic heterocycles. The van der Waals surface area contributed by atoms with Crippen LogP contribution in [-0.2, 0) is 6.42 Å². The van der Waals surface area contributed by atoms with Gasteiger partial charge in [0.15, 0.2) is 0 Å². The lowest BCUT2D eigenvalue weighted by Crippen LogP contribution is -2.18. The molecule has 0 fully saturated rings. The number of benzene rings is 1. The van der Waals surface area contributed by atoms with Crippen LogP contribution in [0, 0.1) is 0 Å². The second-order valence-corrected chi connectivity index (χ2v) is 4.27. The van der Waals surface area contributed by atoms with E-state index in [0.29, 0.717) is 0 Å². The third-order valence-electron chi connectivity index (χ3n) is 2.05. The molecule has 1 aromatic rings. The molecule has 2 N–H and O–H groups in total. The standard InChI is InChI=1S/C11H17ClN2/c1-8(13)6-9-4-5-11(14(2)3)10(12)7-9/h4-5,7-8H,6,13H2,1-3H3. The first-order valence-electron chi connectivity index (χ1n) is 4.72. The molecule has 14 heavy (non-hydrogen) atoms. The van der Waals surface area contributed by atoms with Crippen LogP contribution in [-0.4, -0.2) is 20.1 Å². The van der Waals surface area contributed by atoms with Crippen molar-refractivity contribution in [2.24, 2.45) is 5.73 Å². The Labute approximate surface area is 90.7 Å². The van der Waals surface area contributed by atoms with Crippen molar-refractivity contribution in [1.29, 1.82) is 0 Å². The van der Waals surface area contributed by atoms with Gasteiger partial charge in [-0.3, -0.25) is 0 Å². The first-order valence-corrected chi connectivity index (χ1v) is 5.10. The van der Waals surface area contributed by atoms with Gasteiger partial charge in [-0.15, -0.1) is 0 Å². The molecule has 0 aromatic heterocycles. The molecule has 3 heteroatoms. The summed E-state index contributed by atoms with van der Waals surface area (Å²) in [6.07, 6.45) is 0.868. The molecular formula is C11H17ClN2. The van der Waals surface area contributed by atoms with Gasteiger partial charge in [0.25, 0.3) is 0 Å². The summed E-state index contributed by atoms with van der Waals surface area (Å²) in [4.78, 5) is 2.00. The molecule has 0 amide bonds. The molecule has 1 rings (SSSR count). The normalized spacial score (nSPS) is 12.6. The summed E-state index contributed by atoms with van der Waals surface area (Å²) in [5.74, 6) is 0. The summed E-state index contributed by atoms with van der Waals surface area (Å²) in [6.45, 7) is 1.99. The minimum Gasteiger partial charge on any atom is -0.376 e. The molecule has 0 bridgehead atoms. The number of hydrogen-bond acceptors (Lipinski definition) is 2. The average Bonchev–Trinajstić information content (AvgIpc) is 2.01. The smallest absolute Gasteiger partial charge is 0.0642 e. The van der Waals surface area contributed by atoms with E-state index < -0.39 is 0 Å². The summed E-state index contributed by atoms with van der Waals surface area (Å²) >= 11 is 6.13. The summed E-state index contributed by atoms with van der Waals surface area (Å²) in [7, 11) is 3.96. The van der Waals surface area contributed by atoms with Crippen LogP contribution < -0.4 is 10.6 Å². The van der Waals surface area contributed by atoms with E-state index in [1.165, 1.54) is 5.56 Å². The molecule has 1 atom stereocenters. The highest BCUT2D eigenvalue weighted by molar-refractivity contribution is 6.33. The zero-order chi connectivity index (χ0) is 10.7. The fraction of sp³-hybridized carbons (Fsp3) is 0.455. The zero-order valence-electron chi connectivity index (χ0n) is 8.92. The third-order valence-corrected chi connectivity index (χ3v) is 2.35. The number of halogens is 1. The van der Waals surface area contributed by atoms with Crippen LogP contribution in [0.4, 0.5) is 5.69 Å². The maximum Gasteiger partial charge on any atom is 0.0642 e. The maximum absolute atomic E-state index is 6.13. The van der Waals surface area contributed by atoms with Gasteiger partial charge in [-0.05, 0) is 31.0 Å². The van der Waals surface area contributed by atoms with Crippen LogP contribution in [0.15, 0.2) is 18.2 Å². The molecule has 78 valence electrons. The van der Waals surface area contributed by atoms with Crippen molar-refractivity contribution in [3.05, 3.63) is 28.8 Å². The maximum atomic E-state index is 6.13. The zero-order valence-corrected chi connectivity index (χ0v) is 9.67. The minimum absolute atomic E-state index is 0.177. The molecular weight excluding hydrogens is 196 g/mol. The number of anilines is 1. The van der Waals surface area contributed by atoms with Crippen molar-refractivity contribution >= 4 is 17.3 Å². The Morgan fingerprint density at radius 3 is 2.50 bits per heavy atom. The largest absolute Gasteiger partial charge is 0.376 e. The first-order chi connectivity index (χ1) is 6.50. The number of hydrogen-bond donors (Lipinski definition) is 1. The highest BCUT2D eigenvalue weighted by atomic mass is 35.5. The summed E-state index contributed by atoms with van der Waals surface area (Å²) in [5.41, 5.74) is 7.95. The Morgan fingerprint density at radius 1 is 1.43 bits per heavy atom. The topological polar surface area (TPSA) is 29.3 Å². The molecule has 1 aromatic carbocycles. The summed E-state index contributed by atoms with van der Waals surface area (Å²) in [6, 6.07) is 6.27. The van der Waals surface area contributed by atoms with E-state index in [-0.39, 0.29) is 6.04 Å². The van der Waals surface area contributed by atoms with Crippen molar-refractivity contribution in [3.8, 4) is 0 Å². The Kier molecular flexibility index (Phi) is 3.78. The number of rotatable bonds is 3. The average molecular weight is 213 g/mol. The van der Waals surface area contributed by atoms with Crippen LogP contribution >= 0.6 is 11.6 Å². The lowest BCUT2D eigenvalue weighted by atomic mass is 10.1. The van der Waals surface area contributed by atoms with Gasteiger partial charge in [0, 0.05) is 20.1 Å². The van der Waals surface area contributed by atoms with Crippen LogP contribution in [0.3, 0.4) is 0 Å². The van der Waals surface area contributed by atoms with E-state index >= 15 is 0 Å². The van der Waals surface area contributed by atoms with Crippen LogP contribution in [0.5, 0.6) is 0 Å². The van der Waals surface area contributed by atoms with Gasteiger partial charge in [-0.25, -0.2) is 0 Å². The van der Waals surface area contributed by atoms with E-state index in [1.54, 1.807) is 0 Å². The van der Waals surface area contributed by atoms with Crippen LogP contribution in [0.25, 0.3) is 0 Å². The number of nitrogens with two attached hydrogens (primary N) is 1. The molecule has 1 unspecified atom stereocenters. The Balaban J connectivity index is 2.89. The van der Waals surface area contributed by atoms with E-state index in [0.717, 1.165) is 17.1 Å². The fourth-order valence-electron chi connectivity index (χ4n) is 1.41. The lowest BCUT2D eigenvalue weighted by Gasteiger charge is -2.15. The van der Waals surface area contributed by atoms with E-state index in [1.807, 2.05) is 38.1 Å². The molecule has 0 heterocycles. The first kappa shape index (κ1) is 11.3. The van der Waals surface area contributed by atoms with Crippen molar-refractivity contribution in [2.45, 2.75) is 19.4 Å². The van der Waals surface area contributed by atoms with Crippen molar-refractivity contribution < 1.29 is 0 Å². The minimum atomic E-state index is 0.177. The Morgan fingerprint density at radius 2 is 2.07 bits per heavy atom. The highest BCUT2D eigenvalue weighted by Crippen LogP contribution is 2.25. The Hall–Kier alpha value is -0.730. The van der Waals surface area contributed by atoms with E-state index in [4.69, 9.17) is 17.3 Å². The predicted molar refractivity (Wildman–Crippen MR) is 63.1 cm³/mol. The van der Waals surface area contributed by atoms with Crippen molar-refractivity contribution in [1.82, 2.24) is 0 Å². The Bertz CT molecular complexity index is 308. The second kappa shape index (κ2) is 4.67. The monoisotopic (exact) mass is 212 g/mol. The van der Waals surface area contributed by atoms with Gasteiger partial charge < -0.3 is 10.6 Å². The number of nitrogens with zero attached hydrogens (tertiary/aromatic N) is 1. The van der Waals surface area contributed by atoms with Gasteiger partial charge >= 0.3 is 0 Å². The van der Waals surface area contributed by atoms with Crippen molar-refractivity contribution in [2.75, 3.05) is 19.0 Å². The van der Waals surface area contributed by atoms with Crippen molar-refractivity contribution in [3.63, 3.8) is 0 Å².